The van der Waals surface area contributed by atoms with Gasteiger partial charge < -0.3 is 4.74 Å². The summed E-state index contributed by atoms with van der Waals surface area (Å²) in [5.41, 5.74) is 4.82. The van der Waals surface area contributed by atoms with E-state index in [4.69, 9.17) is 10.6 Å². The van der Waals surface area contributed by atoms with Crippen LogP contribution in [0, 0.1) is 0 Å². The van der Waals surface area contributed by atoms with Crippen molar-refractivity contribution in [3.63, 3.8) is 0 Å². The fourth-order valence-corrected chi connectivity index (χ4v) is 4.97. The molecule has 0 aliphatic rings. The number of rotatable bonds is 5. The third kappa shape index (κ3) is 2.94. The second-order valence-electron chi connectivity index (χ2n) is 4.52. The Morgan fingerprint density at radius 3 is 2.60 bits per heavy atom. The summed E-state index contributed by atoms with van der Waals surface area (Å²) >= 11 is 8.67. The van der Waals surface area contributed by atoms with Crippen LogP contribution in [0.25, 0.3) is 0 Å². The quantitative estimate of drug-likeness (QED) is 0.569. The van der Waals surface area contributed by atoms with Crippen LogP contribution in [0.2, 0.25) is 0 Å². The lowest BCUT2D eigenvalue weighted by Gasteiger charge is -2.20. The molecule has 8 heteroatoms. The van der Waals surface area contributed by atoms with Crippen molar-refractivity contribution in [3.8, 4) is 5.75 Å². The van der Waals surface area contributed by atoms with Gasteiger partial charge in [-0.2, -0.15) is 5.10 Å². The second-order valence-corrected chi connectivity index (χ2v) is 8.27. The number of hydrogen-bond donors (Lipinski definition) is 2. The Balaban J connectivity index is 2.56. The van der Waals surface area contributed by atoms with Crippen LogP contribution < -0.4 is 16.0 Å². The van der Waals surface area contributed by atoms with Gasteiger partial charge in [0.15, 0.2) is 5.75 Å². The van der Waals surface area contributed by atoms with E-state index in [1.165, 1.54) is 0 Å². The van der Waals surface area contributed by atoms with Crippen LogP contribution in [0.5, 0.6) is 5.75 Å². The average molecular weight is 424 g/mol. The molecule has 1 atom stereocenters. The molecule has 0 fully saturated rings. The highest BCUT2D eigenvalue weighted by Crippen LogP contribution is 2.40. The summed E-state index contributed by atoms with van der Waals surface area (Å²) in [6.07, 6.45) is 1.72. The summed E-state index contributed by atoms with van der Waals surface area (Å²) in [7, 11) is 1.64. The van der Waals surface area contributed by atoms with Gasteiger partial charge in [0.2, 0.25) is 0 Å². The van der Waals surface area contributed by atoms with Crippen molar-refractivity contribution in [3.05, 3.63) is 31.1 Å². The molecule has 3 N–H and O–H groups in total. The van der Waals surface area contributed by atoms with Gasteiger partial charge in [0.1, 0.15) is 5.69 Å². The van der Waals surface area contributed by atoms with Crippen molar-refractivity contribution in [1.29, 1.82) is 0 Å². The van der Waals surface area contributed by atoms with E-state index < -0.39 is 0 Å². The lowest BCUT2D eigenvalue weighted by atomic mass is 10.1. The molecule has 0 saturated carbocycles. The third-order valence-electron chi connectivity index (χ3n) is 2.94. The number of nitrogens with one attached hydrogen (secondary N) is 1. The number of ether oxygens (including phenoxy) is 1. The standard InChI is InChI=1S/C12H16Br2N4OS/c1-6(2)18-11(8(19-3)5-16-18)10(17-15)7-4-9(13)20-12(7)14/h4-6,10,17H,15H2,1-3H3. The average Bonchev–Trinajstić information content (AvgIpc) is 2.95. The summed E-state index contributed by atoms with van der Waals surface area (Å²) in [5, 5.41) is 4.39. The first-order chi connectivity index (χ1) is 9.49. The molecule has 0 radical (unpaired) electrons. The SMILES string of the molecule is COc1cnn(C(C)C)c1C(NN)c1cc(Br)sc1Br. The normalized spacial score (nSPS) is 12.9. The Bertz CT molecular complexity index is 596. The lowest BCUT2D eigenvalue weighted by molar-refractivity contribution is 0.394. The maximum atomic E-state index is 5.79. The minimum Gasteiger partial charge on any atom is -0.493 e. The van der Waals surface area contributed by atoms with Crippen LogP contribution in [-0.4, -0.2) is 16.9 Å². The van der Waals surface area contributed by atoms with Gasteiger partial charge in [0.25, 0.3) is 0 Å². The highest BCUT2D eigenvalue weighted by molar-refractivity contribution is 9.12. The third-order valence-corrected chi connectivity index (χ3v) is 5.33. The Hall–Kier alpha value is -0.410. The number of thiophene rings is 1. The number of methoxy groups -OCH3 is 1. The number of hydrogen-bond acceptors (Lipinski definition) is 5. The van der Waals surface area contributed by atoms with Crippen molar-refractivity contribution in [2.24, 2.45) is 5.84 Å². The van der Waals surface area contributed by atoms with Crippen molar-refractivity contribution in [1.82, 2.24) is 15.2 Å². The van der Waals surface area contributed by atoms with Crippen molar-refractivity contribution in [2.75, 3.05) is 7.11 Å². The van der Waals surface area contributed by atoms with E-state index in [1.54, 1.807) is 24.6 Å². The molecular formula is C12H16Br2N4OS. The van der Waals surface area contributed by atoms with E-state index in [0.29, 0.717) is 0 Å². The van der Waals surface area contributed by atoms with Gasteiger partial charge in [0.05, 0.1) is 26.9 Å². The molecule has 0 amide bonds. The minimum atomic E-state index is -0.202. The van der Waals surface area contributed by atoms with Gasteiger partial charge in [0, 0.05) is 11.6 Å². The van der Waals surface area contributed by atoms with Gasteiger partial charge >= 0.3 is 0 Å². The summed E-state index contributed by atoms with van der Waals surface area (Å²) in [6.45, 7) is 4.14. The van der Waals surface area contributed by atoms with Crippen LogP contribution in [0.4, 0.5) is 0 Å². The van der Waals surface area contributed by atoms with E-state index in [-0.39, 0.29) is 12.1 Å². The molecule has 0 aliphatic heterocycles. The van der Waals surface area contributed by atoms with Gasteiger partial charge in [-0.25, -0.2) is 5.43 Å². The number of aromatic nitrogens is 2. The smallest absolute Gasteiger partial charge is 0.161 e. The summed E-state index contributed by atoms with van der Waals surface area (Å²) in [5.74, 6) is 6.51. The Labute approximate surface area is 138 Å². The lowest BCUT2D eigenvalue weighted by Crippen LogP contribution is -2.31. The highest BCUT2D eigenvalue weighted by atomic mass is 79.9. The van der Waals surface area contributed by atoms with Gasteiger partial charge in [-0.05, 0) is 51.8 Å². The fraction of sp³-hybridized carbons (Fsp3) is 0.417. The van der Waals surface area contributed by atoms with Crippen molar-refractivity contribution < 1.29 is 4.74 Å². The highest BCUT2D eigenvalue weighted by Gasteiger charge is 2.26. The predicted octanol–water partition coefficient (Wildman–Crippen LogP) is 3.61. The number of halogens is 2. The zero-order valence-corrected chi connectivity index (χ0v) is 15.3. The number of nitrogens with two attached hydrogens (primary N) is 1. The maximum absolute atomic E-state index is 5.79. The van der Waals surface area contributed by atoms with Gasteiger partial charge in [-0.15, -0.1) is 11.3 Å². The van der Waals surface area contributed by atoms with Crippen LogP contribution in [0.15, 0.2) is 19.8 Å². The molecule has 2 aromatic rings. The van der Waals surface area contributed by atoms with Crippen LogP contribution in [0.3, 0.4) is 0 Å². The van der Waals surface area contributed by atoms with Crippen LogP contribution in [-0.2, 0) is 0 Å². The van der Waals surface area contributed by atoms with Crippen LogP contribution >= 0.6 is 43.2 Å². The molecule has 110 valence electrons. The van der Waals surface area contributed by atoms with Crippen molar-refractivity contribution in [2.45, 2.75) is 25.9 Å². The fourth-order valence-electron chi connectivity index (χ4n) is 2.06. The van der Waals surface area contributed by atoms with Crippen LogP contribution in [0.1, 0.15) is 37.2 Å². The molecule has 0 aliphatic carbocycles. The topological polar surface area (TPSA) is 65.1 Å². The summed E-state index contributed by atoms with van der Waals surface area (Å²) in [6, 6.07) is 2.05. The molecule has 0 spiro atoms. The summed E-state index contributed by atoms with van der Waals surface area (Å²) in [4.78, 5) is 0. The molecule has 2 aromatic heterocycles. The second kappa shape index (κ2) is 6.57. The monoisotopic (exact) mass is 422 g/mol. The predicted molar refractivity (Wildman–Crippen MR) is 88.0 cm³/mol. The first-order valence-electron chi connectivity index (χ1n) is 6.01. The molecular weight excluding hydrogens is 408 g/mol. The molecule has 20 heavy (non-hydrogen) atoms. The molecule has 2 heterocycles. The van der Waals surface area contributed by atoms with E-state index >= 15 is 0 Å². The first kappa shape index (κ1) is 16.0. The zero-order valence-electron chi connectivity index (χ0n) is 11.4. The minimum absolute atomic E-state index is 0.202. The van der Waals surface area contributed by atoms with Crippen molar-refractivity contribution >= 4 is 43.2 Å². The molecule has 2 rings (SSSR count). The zero-order chi connectivity index (χ0) is 14.9. The van der Waals surface area contributed by atoms with E-state index in [9.17, 15) is 0 Å². The molecule has 0 aromatic carbocycles. The van der Waals surface area contributed by atoms with Gasteiger partial charge in [-0.3, -0.25) is 10.5 Å². The Morgan fingerprint density at radius 1 is 1.45 bits per heavy atom. The largest absolute Gasteiger partial charge is 0.493 e. The molecule has 1 unspecified atom stereocenters. The molecule has 5 nitrogen and oxygen atoms in total. The molecule has 0 bridgehead atoms. The molecule has 0 saturated heterocycles. The Morgan fingerprint density at radius 2 is 2.15 bits per heavy atom. The number of nitrogens with zero attached hydrogens (tertiary/aromatic N) is 2. The maximum Gasteiger partial charge on any atom is 0.161 e. The van der Waals surface area contributed by atoms with E-state index in [1.807, 2.05) is 10.7 Å². The van der Waals surface area contributed by atoms with E-state index in [0.717, 1.165) is 24.6 Å². The first-order valence-corrected chi connectivity index (χ1v) is 8.42. The van der Waals surface area contributed by atoms with E-state index in [2.05, 4.69) is 56.2 Å². The summed E-state index contributed by atoms with van der Waals surface area (Å²) < 4.78 is 9.40. The number of hydrazine groups is 1. The Kier molecular flexibility index (Phi) is 5.25. The van der Waals surface area contributed by atoms with Gasteiger partial charge in [-0.1, -0.05) is 0 Å².